The molecule has 1 N–H and O–H groups in total. The number of rotatable bonds is 6. The fraction of sp³-hybridized carbons (Fsp3) is 0.208. The molecule has 3 aromatic rings. The van der Waals surface area contributed by atoms with Gasteiger partial charge < -0.3 is 5.11 Å². The quantitative estimate of drug-likeness (QED) is 0.426. The first-order valence-corrected chi connectivity index (χ1v) is 10.1. The van der Waals surface area contributed by atoms with Crippen LogP contribution in [-0.4, -0.2) is 11.3 Å². The maximum Gasteiger partial charge on any atom is 0.138 e. The van der Waals surface area contributed by atoms with Crippen molar-refractivity contribution in [2.24, 2.45) is 4.99 Å². The van der Waals surface area contributed by atoms with Crippen LogP contribution < -0.4 is 0 Å². The van der Waals surface area contributed by atoms with Crippen molar-refractivity contribution < 1.29 is 5.11 Å². The van der Waals surface area contributed by atoms with Crippen LogP contribution in [-0.2, 0) is 6.42 Å². The summed E-state index contributed by atoms with van der Waals surface area (Å²) in [4.78, 5) is 4.69. The monoisotopic (exact) mass is 421 g/mol. The minimum absolute atomic E-state index is 0.219. The molecule has 0 unspecified atom stereocenters. The first kappa shape index (κ1) is 19.4. The van der Waals surface area contributed by atoms with E-state index in [9.17, 15) is 5.11 Å². The summed E-state index contributed by atoms with van der Waals surface area (Å²) in [6.07, 6.45) is 3.63. The molecule has 0 spiro atoms. The number of para-hydroxylation sites is 1. The standard InChI is InChI=1S/C24H24BrNO/c1-3-17(2)21-11-7-8-12-23(21)26-16-20-14-19(15-22(25)24(20)27)13-18-9-5-4-6-10-18/h4-12,14-17,27H,3,13H2,1-2H3/t17-/m0/s1. The molecule has 0 aliphatic heterocycles. The van der Waals surface area contributed by atoms with Crippen LogP contribution in [0, 0.1) is 0 Å². The van der Waals surface area contributed by atoms with E-state index in [0.29, 0.717) is 16.0 Å². The summed E-state index contributed by atoms with van der Waals surface area (Å²) >= 11 is 3.47. The van der Waals surface area contributed by atoms with E-state index in [-0.39, 0.29) is 5.75 Å². The molecule has 0 fully saturated rings. The molecule has 0 bridgehead atoms. The molecule has 3 aromatic carbocycles. The summed E-state index contributed by atoms with van der Waals surface area (Å²) in [5.41, 5.74) is 5.27. The molecule has 27 heavy (non-hydrogen) atoms. The molecule has 0 aromatic heterocycles. The van der Waals surface area contributed by atoms with Gasteiger partial charge in [-0.3, -0.25) is 4.99 Å². The Morgan fingerprint density at radius 3 is 2.44 bits per heavy atom. The van der Waals surface area contributed by atoms with E-state index in [2.05, 4.69) is 59.0 Å². The summed E-state index contributed by atoms with van der Waals surface area (Å²) in [5, 5.41) is 10.5. The van der Waals surface area contributed by atoms with Crippen LogP contribution in [0.1, 0.15) is 48.4 Å². The lowest BCUT2D eigenvalue weighted by Gasteiger charge is -2.12. The number of phenols is 1. The molecule has 0 aliphatic carbocycles. The van der Waals surface area contributed by atoms with Gasteiger partial charge in [0.05, 0.1) is 10.2 Å². The number of benzene rings is 3. The largest absolute Gasteiger partial charge is 0.506 e. The number of aromatic hydroxyl groups is 1. The van der Waals surface area contributed by atoms with Crippen molar-refractivity contribution in [3.8, 4) is 5.75 Å². The number of halogens is 1. The van der Waals surface area contributed by atoms with Crippen LogP contribution in [0.4, 0.5) is 5.69 Å². The van der Waals surface area contributed by atoms with E-state index in [4.69, 9.17) is 0 Å². The molecule has 0 saturated heterocycles. The van der Waals surface area contributed by atoms with E-state index in [0.717, 1.165) is 24.1 Å². The molecular weight excluding hydrogens is 398 g/mol. The summed E-state index contributed by atoms with van der Waals surface area (Å²) in [5.74, 6) is 0.666. The molecule has 3 rings (SSSR count). The van der Waals surface area contributed by atoms with Gasteiger partial charge in [0.1, 0.15) is 5.75 Å². The first-order chi connectivity index (χ1) is 13.1. The van der Waals surface area contributed by atoms with Gasteiger partial charge in [0, 0.05) is 11.8 Å². The predicted octanol–water partition coefficient (Wildman–Crippen LogP) is 7.01. The Hall–Kier alpha value is -2.39. The van der Waals surface area contributed by atoms with Crippen LogP contribution in [0.15, 0.2) is 76.2 Å². The third kappa shape index (κ3) is 4.86. The SMILES string of the molecule is CC[C@H](C)c1ccccc1N=Cc1cc(Cc2ccccc2)cc(Br)c1O. The average molecular weight is 422 g/mol. The Morgan fingerprint density at radius 1 is 1.00 bits per heavy atom. The van der Waals surface area contributed by atoms with Crippen LogP contribution >= 0.6 is 15.9 Å². The highest BCUT2D eigenvalue weighted by molar-refractivity contribution is 9.10. The predicted molar refractivity (Wildman–Crippen MR) is 117 cm³/mol. The molecule has 138 valence electrons. The van der Waals surface area contributed by atoms with Gasteiger partial charge in [0.2, 0.25) is 0 Å². The number of hydrogen-bond donors (Lipinski definition) is 1. The minimum Gasteiger partial charge on any atom is -0.506 e. The zero-order chi connectivity index (χ0) is 19.2. The number of phenolic OH excluding ortho intramolecular Hbond substituents is 1. The maximum absolute atomic E-state index is 10.5. The lowest BCUT2D eigenvalue weighted by atomic mass is 9.97. The molecule has 0 saturated carbocycles. The summed E-state index contributed by atoms with van der Waals surface area (Å²) in [6.45, 7) is 4.39. The smallest absolute Gasteiger partial charge is 0.138 e. The van der Waals surface area contributed by atoms with E-state index in [1.807, 2.05) is 42.5 Å². The Labute approximate surface area is 169 Å². The van der Waals surface area contributed by atoms with E-state index >= 15 is 0 Å². The number of hydrogen-bond acceptors (Lipinski definition) is 2. The third-order valence-electron chi connectivity index (χ3n) is 4.83. The second kappa shape index (κ2) is 9.01. The summed E-state index contributed by atoms with van der Waals surface area (Å²) in [7, 11) is 0. The number of nitrogens with zero attached hydrogens (tertiary/aromatic N) is 1. The number of aliphatic imine (C=N–C) groups is 1. The highest BCUT2D eigenvalue weighted by Gasteiger charge is 2.10. The highest BCUT2D eigenvalue weighted by Crippen LogP contribution is 2.32. The molecule has 2 nitrogen and oxygen atoms in total. The molecule has 1 atom stereocenters. The van der Waals surface area contributed by atoms with Crippen molar-refractivity contribution in [1.29, 1.82) is 0 Å². The van der Waals surface area contributed by atoms with E-state index in [1.54, 1.807) is 6.21 Å². The van der Waals surface area contributed by atoms with E-state index in [1.165, 1.54) is 11.1 Å². The van der Waals surface area contributed by atoms with Crippen molar-refractivity contribution >= 4 is 27.8 Å². The zero-order valence-corrected chi connectivity index (χ0v) is 17.3. The van der Waals surface area contributed by atoms with Gasteiger partial charge in [0.25, 0.3) is 0 Å². The third-order valence-corrected chi connectivity index (χ3v) is 5.43. The van der Waals surface area contributed by atoms with Gasteiger partial charge in [0.15, 0.2) is 0 Å². The lowest BCUT2D eigenvalue weighted by molar-refractivity contribution is 0.471. The first-order valence-electron chi connectivity index (χ1n) is 9.26. The molecule has 0 amide bonds. The molecule has 3 heteroatoms. The fourth-order valence-corrected chi connectivity index (χ4v) is 3.61. The van der Waals surface area contributed by atoms with Gasteiger partial charge in [-0.15, -0.1) is 0 Å². The maximum atomic E-state index is 10.5. The second-order valence-electron chi connectivity index (χ2n) is 6.80. The lowest BCUT2D eigenvalue weighted by Crippen LogP contribution is -1.94. The van der Waals surface area contributed by atoms with Gasteiger partial charge in [-0.2, -0.15) is 0 Å². The molecule has 0 heterocycles. The topological polar surface area (TPSA) is 32.6 Å². The van der Waals surface area contributed by atoms with Crippen LogP contribution in [0.2, 0.25) is 0 Å². The van der Waals surface area contributed by atoms with Crippen LogP contribution in [0.5, 0.6) is 5.75 Å². The van der Waals surface area contributed by atoms with Gasteiger partial charge >= 0.3 is 0 Å². The Balaban J connectivity index is 1.92. The molecular formula is C24H24BrNO. The van der Waals surface area contributed by atoms with Crippen molar-refractivity contribution in [2.75, 3.05) is 0 Å². The Bertz CT molecular complexity index is 934. The van der Waals surface area contributed by atoms with Crippen LogP contribution in [0.3, 0.4) is 0 Å². The zero-order valence-electron chi connectivity index (χ0n) is 15.7. The van der Waals surface area contributed by atoms with Crippen molar-refractivity contribution in [3.05, 3.63) is 93.5 Å². The van der Waals surface area contributed by atoms with Gasteiger partial charge in [-0.05, 0) is 69.6 Å². The fourth-order valence-electron chi connectivity index (χ4n) is 3.09. The average Bonchev–Trinajstić information content (AvgIpc) is 2.70. The van der Waals surface area contributed by atoms with Crippen LogP contribution in [0.25, 0.3) is 0 Å². The molecule has 0 radical (unpaired) electrons. The van der Waals surface area contributed by atoms with Gasteiger partial charge in [-0.1, -0.05) is 62.4 Å². The minimum atomic E-state index is 0.219. The van der Waals surface area contributed by atoms with Crippen molar-refractivity contribution in [3.63, 3.8) is 0 Å². The Kier molecular flexibility index (Phi) is 6.46. The van der Waals surface area contributed by atoms with E-state index < -0.39 is 0 Å². The van der Waals surface area contributed by atoms with Crippen molar-refractivity contribution in [2.45, 2.75) is 32.6 Å². The highest BCUT2D eigenvalue weighted by atomic mass is 79.9. The summed E-state index contributed by atoms with van der Waals surface area (Å²) < 4.78 is 0.688. The second-order valence-corrected chi connectivity index (χ2v) is 7.66. The van der Waals surface area contributed by atoms with Gasteiger partial charge in [-0.25, -0.2) is 0 Å². The van der Waals surface area contributed by atoms with Crippen molar-refractivity contribution in [1.82, 2.24) is 0 Å². The Morgan fingerprint density at radius 2 is 1.70 bits per heavy atom. The normalized spacial score (nSPS) is 12.4. The molecule has 0 aliphatic rings. The summed E-state index contributed by atoms with van der Waals surface area (Å²) in [6, 6.07) is 22.5.